The molecule has 2 aromatic heterocycles. The predicted molar refractivity (Wildman–Crippen MR) is 152 cm³/mol. The molecule has 5 rings (SSSR count). The molecule has 1 fully saturated rings. The van der Waals surface area contributed by atoms with Gasteiger partial charge < -0.3 is 15.5 Å². The van der Waals surface area contributed by atoms with Crippen molar-refractivity contribution in [3.8, 4) is 11.4 Å². The SMILES string of the molecule is Cc1ccc(CN2CCN(C)CC2)cc1NC(=O)c1ccc(Nc2ncc(C)c(-c3ccccn3)n2)cc1. The van der Waals surface area contributed by atoms with E-state index in [1.165, 1.54) is 5.56 Å². The topological polar surface area (TPSA) is 86.3 Å². The largest absolute Gasteiger partial charge is 0.324 e. The molecule has 0 bridgehead atoms. The number of pyridine rings is 1. The number of aryl methyl sites for hydroxylation is 2. The van der Waals surface area contributed by atoms with Crippen molar-refractivity contribution < 1.29 is 4.79 Å². The first-order valence-electron chi connectivity index (χ1n) is 12.9. The van der Waals surface area contributed by atoms with E-state index in [2.05, 4.69) is 60.6 Å². The first-order valence-corrected chi connectivity index (χ1v) is 12.9. The highest BCUT2D eigenvalue weighted by molar-refractivity contribution is 6.04. The fourth-order valence-electron chi connectivity index (χ4n) is 4.46. The van der Waals surface area contributed by atoms with Gasteiger partial charge in [-0.2, -0.15) is 0 Å². The lowest BCUT2D eigenvalue weighted by Gasteiger charge is -2.32. The molecule has 0 radical (unpaired) electrons. The smallest absolute Gasteiger partial charge is 0.255 e. The molecule has 2 N–H and O–H groups in total. The number of hydrogen-bond acceptors (Lipinski definition) is 7. The van der Waals surface area contributed by atoms with Gasteiger partial charge in [0.15, 0.2) is 0 Å². The van der Waals surface area contributed by atoms with E-state index in [0.717, 1.165) is 66.6 Å². The summed E-state index contributed by atoms with van der Waals surface area (Å²) in [6.07, 6.45) is 3.53. The molecule has 194 valence electrons. The Morgan fingerprint density at radius 2 is 1.71 bits per heavy atom. The van der Waals surface area contributed by atoms with E-state index in [4.69, 9.17) is 0 Å². The first kappa shape index (κ1) is 25.5. The van der Waals surface area contributed by atoms with Gasteiger partial charge in [-0.1, -0.05) is 18.2 Å². The van der Waals surface area contributed by atoms with E-state index < -0.39 is 0 Å². The van der Waals surface area contributed by atoms with Gasteiger partial charge in [-0.3, -0.25) is 14.7 Å². The van der Waals surface area contributed by atoms with E-state index in [1.54, 1.807) is 24.5 Å². The number of piperazine rings is 1. The lowest BCUT2D eigenvalue weighted by atomic mass is 10.1. The molecule has 38 heavy (non-hydrogen) atoms. The minimum Gasteiger partial charge on any atom is -0.324 e. The number of anilines is 3. The molecule has 0 spiro atoms. The summed E-state index contributed by atoms with van der Waals surface area (Å²) in [7, 11) is 2.16. The molecule has 1 saturated heterocycles. The van der Waals surface area contributed by atoms with Gasteiger partial charge in [0, 0.05) is 62.1 Å². The van der Waals surface area contributed by atoms with Crippen LogP contribution in [0.1, 0.15) is 27.0 Å². The van der Waals surface area contributed by atoms with Gasteiger partial charge in [0.1, 0.15) is 0 Å². The van der Waals surface area contributed by atoms with Crippen molar-refractivity contribution in [2.24, 2.45) is 0 Å². The first-order chi connectivity index (χ1) is 18.4. The standard InChI is InChI=1S/C30H33N7O/c1-21-7-8-23(20-37-16-14-36(3)15-17-37)18-27(21)34-29(38)24-9-11-25(12-10-24)33-30-32-19-22(2)28(35-30)26-6-4-5-13-31-26/h4-13,18-19H,14-17,20H2,1-3H3,(H,34,38)(H,32,33,35). The zero-order valence-corrected chi connectivity index (χ0v) is 22.1. The average molecular weight is 508 g/mol. The Labute approximate surface area is 223 Å². The highest BCUT2D eigenvalue weighted by atomic mass is 16.1. The lowest BCUT2D eigenvalue weighted by molar-refractivity contribution is 0.102. The number of carbonyl (C=O) groups excluding carboxylic acids is 1. The van der Waals surface area contributed by atoms with Crippen LogP contribution >= 0.6 is 0 Å². The molecule has 4 aromatic rings. The molecule has 2 aromatic carbocycles. The third-order valence-corrected chi connectivity index (χ3v) is 6.83. The van der Waals surface area contributed by atoms with Gasteiger partial charge in [0.2, 0.25) is 5.95 Å². The highest BCUT2D eigenvalue weighted by Gasteiger charge is 2.15. The Hall–Kier alpha value is -4.14. The van der Waals surface area contributed by atoms with E-state index in [0.29, 0.717) is 11.5 Å². The summed E-state index contributed by atoms with van der Waals surface area (Å²) >= 11 is 0. The number of carbonyl (C=O) groups is 1. The number of nitrogens with zero attached hydrogens (tertiary/aromatic N) is 5. The molecular weight excluding hydrogens is 474 g/mol. The van der Waals surface area contributed by atoms with Gasteiger partial charge in [0.05, 0.1) is 11.4 Å². The molecule has 0 unspecified atom stereocenters. The Kier molecular flexibility index (Phi) is 7.72. The fourth-order valence-corrected chi connectivity index (χ4v) is 4.46. The third kappa shape index (κ3) is 6.22. The van der Waals surface area contributed by atoms with Gasteiger partial charge >= 0.3 is 0 Å². The predicted octanol–water partition coefficient (Wildman–Crippen LogP) is 4.90. The molecule has 1 aliphatic heterocycles. The van der Waals surface area contributed by atoms with Gasteiger partial charge in [-0.05, 0) is 80.1 Å². The summed E-state index contributed by atoms with van der Waals surface area (Å²) in [6, 6.07) is 19.4. The van der Waals surface area contributed by atoms with E-state index >= 15 is 0 Å². The van der Waals surface area contributed by atoms with Crippen LogP contribution in [-0.2, 0) is 6.54 Å². The summed E-state index contributed by atoms with van der Waals surface area (Å²) in [4.78, 5) is 31.3. The molecule has 0 atom stereocenters. The maximum absolute atomic E-state index is 13.0. The molecule has 3 heterocycles. The third-order valence-electron chi connectivity index (χ3n) is 6.83. The molecule has 0 saturated carbocycles. The maximum Gasteiger partial charge on any atom is 0.255 e. The summed E-state index contributed by atoms with van der Waals surface area (Å²) < 4.78 is 0. The van der Waals surface area contributed by atoms with Crippen molar-refractivity contribution in [3.05, 3.63) is 95.3 Å². The number of likely N-dealkylation sites (N-methyl/N-ethyl adjacent to an activating group) is 1. The van der Waals surface area contributed by atoms with Crippen LogP contribution in [0.2, 0.25) is 0 Å². The van der Waals surface area contributed by atoms with Crippen molar-refractivity contribution in [3.63, 3.8) is 0 Å². The second kappa shape index (κ2) is 11.5. The normalized spacial score (nSPS) is 14.3. The number of amides is 1. The Balaban J connectivity index is 1.24. The van der Waals surface area contributed by atoms with E-state index in [-0.39, 0.29) is 5.91 Å². The highest BCUT2D eigenvalue weighted by Crippen LogP contribution is 2.23. The van der Waals surface area contributed by atoms with Crippen LogP contribution in [0.5, 0.6) is 0 Å². The molecule has 1 aliphatic rings. The van der Waals surface area contributed by atoms with Gasteiger partial charge in [0.25, 0.3) is 5.91 Å². The summed E-state index contributed by atoms with van der Waals surface area (Å²) in [5, 5.41) is 6.32. The fraction of sp³-hybridized carbons (Fsp3) is 0.267. The molecule has 8 nitrogen and oxygen atoms in total. The summed E-state index contributed by atoms with van der Waals surface area (Å²) in [5.74, 6) is 0.335. The summed E-state index contributed by atoms with van der Waals surface area (Å²) in [5.41, 5.74) is 7.00. The van der Waals surface area contributed by atoms with Crippen molar-refractivity contribution in [2.75, 3.05) is 43.9 Å². The van der Waals surface area contributed by atoms with Gasteiger partial charge in [-0.15, -0.1) is 0 Å². The zero-order chi connectivity index (χ0) is 26.5. The molecule has 0 aliphatic carbocycles. The number of aromatic nitrogens is 3. The maximum atomic E-state index is 13.0. The van der Waals surface area contributed by atoms with Crippen LogP contribution in [0.4, 0.5) is 17.3 Å². The monoisotopic (exact) mass is 507 g/mol. The van der Waals surface area contributed by atoms with E-state index in [9.17, 15) is 4.79 Å². The minimum absolute atomic E-state index is 0.138. The van der Waals surface area contributed by atoms with Crippen molar-refractivity contribution in [2.45, 2.75) is 20.4 Å². The molecular formula is C30H33N7O. The van der Waals surface area contributed by atoms with Crippen LogP contribution in [-0.4, -0.2) is 63.9 Å². The van der Waals surface area contributed by atoms with Crippen molar-refractivity contribution >= 4 is 23.2 Å². The van der Waals surface area contributed by atoms with Crippen LogP contribution in [0.15, 0.2) is 73.1 Å². The quantitative estimate of drug-likeness (QED) is 0.368. The second-order valence-electron chi connectivity index (χ2n) is 9.83. The average Bonchev–Trinajstić information content (AvgIpc) is 2.94. The molecule has 1 amide bonds. The van der Waals surface area contributed by atoms with Crippen molar-refractivity contribution in [1.29, 1.82) is 0 Å². The van der Waals surface area contributed by atoms with Crippen LogP contribution in [0, 0.1) is 13.8 Å². The van der Waals surface area contributed by atoms with E-state index in [1.807, 2.05) is 44.2 Å². The Bertz CT molecular complexity index is 1400. The Morgan fingerprint density at radius 3 is 2.45 bits per heavy atom. The summed E-state index contributed by atoms with van der Waals surface area (Å²) in [6.45, 7) is 9.16. The zero-order valence-electron chi connectivity index (χ0n) is 22.1. The van der Waals surface area contributed by atoms with Crippen molar-refractivity contribution in [1.82, 2.24) is 24.8 Å². The Morgan fingerprint density at radius 1 is 0.921 bits per heavy atom. The van der Waals surface area contributed by atoms with Crippen LogP contribution in [0.25, 0.3) is 11.4 Å². The van der Waals surface area contributed by atoms with Crippen LogP contribution in [0.3, 0.4) is 0 Å². The number of nitrogens with one attached hydrogen (secondary N) is 2. The van der Waals surface area contributed by atoms with Gasteiger partial charge in [-0.25, -0.2) is 9.97 Å². The second-order valence-corrected chi connectivity index (χ2v) is 9.83. The molecule has 8 heteroatoms. The lowest BCUT2D eigenvalue weighted by Crippen LogP contribution is -2.43. The number of rotatable bonds is 7. The number of benzene rings is 2. The minimum atomic E-state index is -0.138. The number of hydrogen-bond donors (Lipinski definition) is 2. The van der Waals surface area contributed by atoms with Crippen LogP contribution < -0.4 is 10.6 Å².